The monoisotopic (exact) mass is 668 g/mol. The summed E-state index contributed by atoms with van der Waals surface area (Å²) in [5, 5.41) is 2.08. The highest BCUT2D eigenvalue weighted by molar-refractivity contribution is 6.04. The minimum atomic E-state index is 0.638. The number of furan rings is 1. The minimum absolute atomic E-state index is 0.638. The van der Waals surface area contributed by atoms with Crippen molar-refractivity contribution < 1.29 is 4.42 Å². The van der Waals surface area contributed by atoms with E-state index in [9.17, 15) is 0 Å². The lowest BCUT2D eigenvalue weighted by molar-refractivity contribution is 0.654. The molecule has 0 N–H and O–H groups in total. The molecule has 10 aromatic rings. The fraction of sp³-hybridized carbons (Fsp3) is 0. The summed E-state index contributed by atoms with van der Waals surface area (Å²) in [6.07, 6.45) is 3.58. The molecular formula is C45H28N6O. The number of fused-ring (bicyclic) bond motifs is 5. The lowest BCUT2D eigenvalue weighted by atomic mass is 10.1. The number of para-hydroxylation sites is 1. The maximum Gasteiger partial charge on any atom is 0.227 e. The first kappa shape index (κ1) is 29.6. The van der Waals surface area contributed by atoms with Crippen molar-refractivity contribution in [3.63, 3.8) is 0 Å². The second-order valence-electron chi connectivity index (χ2n) is 12.6. The number of rotatable bonds is 6. The molecule has 0 saturated carbocycles. The Morgan fingerprint density at radius 1 is 0.365 bits per heavy atom. The number of benzene rings is 4. The summed E-state index contributed by atoms with van der Waals surface area (Å²) in [6.45, 7) is 0. The molecule has 0 atom stereocenters. The van der Waals surface area contributed by atoms with Gasteiger partial charge in [-0.1, -0.05) is 54.6 Å². The number of anilines is 3. The molecular weight excluding hydrogens is 641 g/mol. The van der Waals surface area contributed by atoms with Gasteiger partial charge < -0.3 is 9.32 Å². The van der Waals surface area contributed by atoms with Gasteiger partial charge in [0.15, 0.2) is 0 Å². The Hall–Kier alpha value is -7.25. The van der Waals surface area contributed by atoms with Crippen LogP contribution in [0.4, 0.5) is 17.1 Å². The van der Waals surface area contributed by atoms with E-state index in [1.807, 2.05) is 66.7 Å². The summed E-state index contributed by atoms with van der Waals surface area (Å²) in [6, 6.07) is 53.6. The molecule has 0 aliphatic carbocycles. The van der Waals surface area contributed by atoms with Crippen LogP contribution in [0, 0.1) is 0 Å². The number of hydrogen-bond acceptors (Lipinski definition) is 7. The first-order valence-corrected chi connectivity index (χ1v) is 17.1. The van der Waals surface area contributed by atoms with Gasteiger partial charge >= 0.3 is 0 Å². The van der Waals surface area contributed by atoms with E-state index in [4.69, 9.17) is 19.4 Å². The molecule has 0 aliphatic rings. The first-order valence-electron chi connectivity index (χ1n) is 17.1. The van der Waals surface area contributed by atoms with Crippen LogP contribution >= 0.6 is 0 Å². The Kier molecular flexibility index (Phi) is 6.99. The fourth-order valence-corrected chi connectivity index (χ4v) is 6.79. The van der Waals surface area contributed by atoms with Crippen molar-refractivity contribution in [1.29, 1.82) is 0 Å². The molecule has 10 rings (SSSR count). The molecule has 244 valence electrons. The molecule has 0 radical (unpaired) electrons. The van der Waals surface area contributed by atoms with E-state index in [2.05, 4.69) is 106 Å². The van der Waals surface area contributed by atoms with Crippen molar-refractivity contribution in [3.8, 4) is 33.8 Å². The van der Waals surface area contributed by atoms with Gasteiger partial charge in [-0.3, -0.25) is 9.97 Å². The summed E-state index contributed by atoms with van der Waals surface area (Å²) in [4.78, 5) is 25.7. The zero-order valence-corrected chi connectivity index (χ0v) is 27.8. The Labute approximate surface area is 298 Å². The highest BCUT2D eigenvalue weighted by Gasteiger charge is 2.16. The summed E-state index contributed by atoms with van der Waals surface area (Å²) < 4.78 is 6.08. The molecule has 6 aromatic heterocycles. The second-order valence-corrected chi connectivity index (χ2v) is 12.6. The molecule has 52 heavy (non-hydrogen) atoms. The molecule has 0 aliphatic heterocycles. The van der Waals surface area contributed by atoms with E-state index in [0.717, 1.165) is 89.3 Å². The van der Waals surface area contributed by atoms with Crippen molar-refractivity contribution in [2.45, 2.75) is 0 Å². The van der Waals surface area contributed by atoms with Crippen molar-refractivity contribution in [1.82, 2.24) is 24.9 Å². The summed E-state index contributed by atoms with van der Waals surface area (Å²) in [7, 11) is 0. The Morgan fingerprint density at radius 3 is 1.38 bits per heavy atom. The van der Waals surface area contributed by atoms with Crippen LogP contribution in [-0.2, 0) is 0 Å². The predicted molar refractivity (Wildman–Crippen MR) is 209 cm³/mol. The quantitative estimate of drug-likeness (QED) is 0.174. The van der Waals surface area contributed by atoms with Gasteiger partial charge in [-0.2, -0.15) is 0 Å². The molecule has 0 spiro atoms. The molecule has 0 amide bonds. The van der Waals surface area contributed by atoms with Crippen LogP contribution in [0.25, 0.3) is 77.9 Å². The van der Waals surface area contributed by atoms with Crippen LogP contribution in [-0.4, -0.2) is 24.9 Å². The number of aromatic nitrogens is 5. The lowest BCUT2D eigenvalue weighted by Gasteiger charge is -2.26. The van der Waals surface area contributed by atoms with Crippen molar-refractivity contribution >= 4 is 61.2 Å². The molecule has 0 unspecified atom stereocenters. The smallest absolute Gasteiger partial charge is 0.227 e. The zero-order chi connectivity index (χ0) is 34.4. The molecule has 0 bridgehead atoms. The van der Waals surface area contributed by atoms with Gasteiger partial charge in [0.1, 0.15) is 5.58 Å². The Morgan fingerprint density at radius 2 is 0.846 bits per heavy atom. The molecule has 0 saturated heterocycles. The van der Waals surface area contributed by atoms with Gasteiger partial charge in [-0.05, 0) is 103 Å². The van der Waals surface area contributed by atoms with Crippen LogP contribution in [0.3, 0.4) is 0 Å². The van der Waals surface area contributed by atoms with Gasteiger partial charge in [0, 0.05) is 56.9 Å². The van der Waals surface area contributed by atoms with E-state index in [0.29, 0.717) is 5.71 Å². The first-order chi connectivity index (χ1) is 25.7. The van der Waals surface area contributed by atoms with Crippen LogP contribution in [0.15, 0.2) is 175 Å². The van der Waals surface area contributed by atoms with Gasteiger partial charge in [0.2, 0.25) is 5.71 Å². The third kappa shape index (κ3) is 5.28. The lowest BCUT2D eigenvalue weighted by Crippen LogP contribution is -2.09. The largest absolute Gasteiger partial charge is 0.438 e. The Bertz CT molecular complexity index is 2780. The number of nitrogens with zero attached hydrogens (tertiary/aromatic N) is 6. The van der Waals surface area contributed by atoms with Crippen molar-refractivity contribution in [2.75, 3.05) is 4.90 Å². The Balaban J connectivity index is 1.02. The van der Waals surface area contributed by atoms with Crippen molar-refractivity contribution in [2.24, 2.45) is 0 Å². The zero-order valence-electron chi connectivity index (χ0n) is 27.8. The average Bonchev–Trinajstić information content (AvgIpc) is 3.59. The normalized spacial score (nSPS) is 11.5. The summed E-state index contributed by atoms with van der Waals surface area (Å²) in [5.41, 5.74) is 13.8. The standard InChI is InChI=1S/C45H28N6O/c1-2-8-44-35(5-1)36-21-22-39(50-45(36)52-44)31-13-19-34(20-14-31)51(32-15-9-29(10-16-32)37-23-25-40-42(48-37)6-3-27-46-40)33-17-11-30(12-18-33)38-24-26-41-43(49-38)7-4-28-47-41/h1-28H. The number of pyridine rings is 5. The van der Waals surface area contributed by atoms with E-state index in [1.165, 1.54) is 0 Å². The van der Waals surface area contributed by atoms with Crippen molar-refractivity contribution in [3.05, 3.63) is 170 Å². The van der Waals surface area contributed by atoms with Crippen LogP contribution in [0.1, 0.15) is 0 Å². The van der Waals surface area contributed by atoms with Gasteiger partial charge in [0.05, 0.1) is 39.1 Å². The molecule has 7 nitrogen and oxygen atoms in total. The minimum Gasteiger partial charge on any atom is -0.438 e. The van der Waals surface area contributed by atoms with E-state index >= 15 is 0 Å². The fourth-order valence-electron chi connectivity index (χ4n) is 6.79. The highest BCUT2D eigenvalue weighted by atomic mass is 16.3. The van der Waals surface area contributed by atoms with Crippen LogP contribution < -0.4 is 4.90 Å². The number of hydrogen-bond donors (Lipinski definition) is 0. The second kappa shape index (κ2) is 12.3. The summed E-state index contributed by atoms with van der Waals surface area (Å²) >= 11 is 0. The van der Waals surface area contributed by atoms with Crippen LogP contribution in [0.2, 0.25) is 0 Å². The maximum atomic E-state index is 6.08. The molecule has 7 heteroatoms. The molecule has 6 heterocycles. The van der Waals surface area contributed by atoms with Gasteiger partial charge in [-0.25, -0.2) is 15.0 Å². The van der Waals surface area contributed by atoms with Gasteiger partial charge in [-0.15, -0.1) is 0 Å². The third-order valence-electron chi connectivity index (χ3n) is 9.42. The van der Waals surface area contributed by atoms with Crippen LogP contribution in [0.5, 0.6) is 0 Å². The average molecular weight is 669 g/mol. The SMILES string of the molecule is c1cnc2ccc(-c3ccc(N(c4ccc(-c5ccc6ncccc6n5)cc4)c4ccc(-c5ccc6c(n5)oc5ccccc56)cc4)cc3)nc2c1. The highest BCUT2D eigenvalue weighted by Crippen LogP contribution is 2.38. The third-order valence-corrected chi connectivity index (χ3v) is 9.42. The molecule has 4 aromatic carbocycles. The maximum absolute atomic E-state index is 6.08. The predicted octanol–water partition coefficient (Wildman–Crippen LogP) is 11.3. The topological polar surface area (TPSA) is 80.8 Å². The summed E-state index contributed by atoms with van der Waals surface area (Å²) in [5.74, 6) is 0. The van der Waals surface area contributed by atoms with E-state index in [1.54, 1.807) is 12.4 Å². The van der Waals surface area contributed by atoms with Gasteiger partial charge in [0.25, 0.3) is 0 Å². The van der Waals surface area contributed by atoms with E-state index in [-0.39, 0.29) is 0 Å². The van der Waals surface area contributed by atoms with E-state index < -0.39 is 0 Å². The molecule has 0 fully saturated rings.